The fourth-order valence-corrected chi connectivity index (χ4v) is 3.31. The maximum Gasteiger partial charge on any atom is 0.277 e. The molecule has 4 rings (SSSR count). The largest absolute Gasteiger partial charge is 0.384 e. The lowest BCUT2D eigenvalue weighted by Crippen LogP contribution is -2.38. The van der Waals surface area contributed by atoms with E-state index in [0.717, 1.165) is 11.3 Å². The molecule has 1 aliphatic rings. The SMILES string of the molecule is Cc1ccccc1.Cc1nc(N)ccc1CNC(=O)Cn1c(C)cc2c(c1=O)NC(=O)CN2. The summed E-state index contributed by atoms with van der Waals surface area (Å²) in [5.41, 5.74) is 9.45. The van der Waals surface area contributed by atoms with Gasteiger partial charge in [-0.05, 0) is 38.5 Å². The smallest absolute Gasteiger partial charge is 0.277 e. The van der Waals surface area contributed by atoms with Gasteiger partial charge in [-0.2, -0.15) is 0 Å². The van der Waals surface area contributed by atoms with Crippen molar-refractivity contribution in [3.05, 3.63) is 81.4 Å². The van der Waals surface area contributed by atoms with Gasteiger partial charge in [-0.3, -0.25) is 14.4 Å². The number of hydrogen-bond donors (Lipinski definition) is 4. The van der Waals surface area contributed by atoms with Gasteiger partial charge < -0.3 is 26.3 Å². The standard InChI is InChI=1S/C17H20N6O3.C7H8/c1-9-5-12-16(22-14(24)7-19-12)17(26)23(9)8-15(25)20-6-11-3-4-13(18)21-10(11)2;1-7-5-3-2-4-6-7/h3-5,19H,6-8H2,1-2H3,(H2,18,21)(H,20,25)(H,22,24);2-6H,1H3. The predicted molar refractivity (Wildman–Crippen MR) is 129 cm³/mol. The van der Waals surface area contributed by atoms with E-state index >= 15 is 0 Å². The molecule has 0 aliphatic carbocycles. The van der Waals surface area contributed by atoms with Crippen LogP contribution in [0, 0.1) is 20.8 Å². The summed E-state index contributed by atoms with van der Waals surface area (Å²) >= 11 is 0. The highest BCUT2D eigenvalue weighted by molar-refractivity contribution is 6.00. The van der Waals surface area contributed by atoms with E-state index in [2.05, 4.69) is 40.0 Å². The molecule has 5 N–H and O–H groups in total. The van der Waals surface area contributed by atoms with Crippen LogP contribution in [0.4, 0.5) is 17.2 Å². The average Bonchev–Trinajstić information content (AvgIpc) is 2.78. The molecule has 0 bridgehead atoms. The van der Waals surface area contributed by atoms with Gasteiger partial charge in [0.15, 0.2) is 0 Å². The highest BCUT2D eigenvalue weighted by Gasteiger charge is 2.20. The molecule has 0 radical (unpaired) electrons. The second kappa shape index (κ2) is 10.4. The number of nitrogen functional groups attached to an aromatic ring is 1. The minimum atomic E-state index is -0.416. The Morgan fingerprint density at radius 2 is 1.85 bits per heavy atom. The first-order valence-electron chi connectivity index (χ1n) is 10.5. The minimum Gasteiger partial charge on any atom is -0.384 e. The van der Waals surface area contributed by atoms with Crippen molar-refractivity contribution in [2.75, 3.05) is 22.9 Å². The number of pyridine rings is 2. The van der Waals surface area contributed by atoms with Crippen molar-refractivity contribution in [1.82, 2.24) is 14.9 Å². The number of nitrogens with one attached hydrogen (secondary N) is 3. The summed E-state index contributed by atoms with van der Waals surface area (Å²) in [5.74, 6) is -0.188. The molecule has 9 heteroatoms. The van der Waals surface area contributed by atoms with Gasteiger partial charge in [0.05, 0.1) is 12.2 Å². The topological polar surface area (TPSA) is 131 Å². The normalized spacial score (nSPS) is 11.9. The van der Waals surface area contributed by atoms with E-state index < -0.39 is 5.56 Å². The Bertz CT molecular complexity index is 1220. The molecule has 2 aromatic heterocycles. The molecular weight excluding hydrogens is 420 g/mol. The molecule has 0 spiro atoms. The fourth-order valence-electron chi connectivity index (χ4n) is 3.31. The predicted octanol–water partition coefficient (Wildman–Crippen LogP) is 2.12. The van der Waals surface area contributed by atoms with Gasteiger partial charge in [0.25, 0.3) is 5.56 Å². The number of rotatable bonds is 4. The zero-order valence-corrected chi connectivity index (χ0v) is 18.9. The van der Waals surface area contributed by atoms with Crippen molar-refractivity contribution in [1.29, 1.82) is 0 Å². The summed E-state index contributed by atoms with van der Waals surface area (Å²) in [7, 11) is 0. The molecule has 2 amide bonds. The van der Waals surface area contributed by atoms with Crippen LogP contribution < -0.4 is 27.2 Å². The van der Waals surface area contributed by atoms with Gasteiger partial charge >= 0.3 is 0 Å². The van der Waals surface area contributed by atoms with Gasteiger partial charge in [0, 0.05) is 17.9 Å². The number of aryl methyl sites for hydroxylation is 3. The first kappa shape index (κ1) is 23.5. The van der Waals surface area contributed by atoms with Crippen LogP contribution in [0.3, 0.4) is 0 Å². The third kappa shape index (κ3) is 6.19. The highest BCUT2D eigenvalue weighted by Crippen LogP contribution is 2.21. The number of carbonyl (C=O) groups is 2. The van der Waals surface area contributed by atoms with Crippen molar-refractivity contribution >= 4 is 29.0 Å². The lowest BCUT2D eigenvalue weighted by atomic mass is 10.2. The lowest BCUT2D eigenvalue weighted by Gasteiger charge is -2.21. The monoisotopic (exact) mass is 448 g/mol. The summed E-state index contributed by atoms with van der Waals surface area (Å²) < 4.78 is 1.33. The highest BCUT2D eigenvalue weighted by atomic mass is 16.2. The summed E-state index contributed by atoms with van der Waals surface area (Å²) in [6, 6.07) is 15.5. The summed E-state index contributed by atoms with van der Waals surface area (Å²) in [6.45, 7) is 5.89. The molecule has 0 fully saturated rings. The van der Waals surface area contributed by atoms with Crippen LogP contribution in [0.2, 0.25) is 0 Å². The van der Waals surface area contributed by atoms with Gasteiger partial charge in [-0.15, -0.1) is 0 Å². The number of anilines is 3. The van der Waals surface area contributed by atoms with Crippen LogP contribution in [0.1, 0.15) is 22.5 Å². The molecular formula is C24H28N6O3. The van der Waals surface area contributed by atoms with E-state index in [9.17, 15) is 14.4 Å². The van der Waals surface area contributed by atoms with Crippen LogP contribution >= 0.6 is 0 Å². The number of hydrogen-bond acceptors (Lipinski definition) is 6. The van der Waals surface area contributed by atoms with Crippen LogP contribution in [-0.2, 0) is 22.7 Å². The number of fused-ring (bicyclic) bond motifs is 1. The molecule has 1 aliphatic heterocycles. The van der Waals surface area contributed by atoms with Gasteiger partial charge in [0.1, 0.15) is 18.1 Å². The van der Waals surface area contributed by atoms with E-state index in [1.807, 2.05) is 25.1 Å². The molecule has 0 saturated heterocycles. The fraction of sp³-hybridized carbons (Fsp3) is 0.250. The number of carbonyl (C=O) groups excluding carboxylic acids is 2. The van der Waals surface area contributed by atoms with Crippen molar-refractivity contribution in [3.63, 3.8) is 0 Å². The molecule has 172 valence electrons. The maximum absolute atomic E-state index is 12.6. The molecule has 1 aromatic carbocycles. The maximum atomic E-state index is 12.6. The van der Waals surface area contributed by atoms with E-state index in [4.69, 9.17) is 5.73 Å². The average molecular weight is 449 g/mol. The zero-order valence-electron chi connectivity index (χ0n) is 18.9. The first-order valence-corrected chi connectivity index (χ1v) is 10.5. The van der Waals surface area contributed by atoms with Crippen molar-refractivity contribution in [2.24, 2.45) is 0 Å². The van der Waals surface area contributed by atoms with E-state index in [1.165, 1.54) is 10.1 Å². The second-order valence-electron chi connectivity index (χ2n) is 7.78. The molecule has 0 unspecified atom stereocenters. The number of benzene rings is 1. The van der Waals surface area contributed by atoms with Crippen molar-refractivity contribution < 1.29 is 9.59 Å². The number of nitrogens with zero attached hydrogens (tertiary/aromatic N) is 2. The second-order valence-corrected chi connectivity index (χ2v) is 7.78. The van der Waals surface area contributed by atoms with Crippen LogP contribution in [0.25, 0.3) is 0 Å². The third-order valence-electron chi connectivity index (χ3n) is 5.15. The summed E-state index contributed by atoms with van der Waals surface area (Å²) in [5, 5.41) is 8.21. The van der Waals surface area contributed by atoms with Crippen molar-refractivity contribution in [2.45, 2.75) is 33.9 Å². The van der Waals surface area contributed by atoms with Crippen molar-refractivity contribution in [3.8, 4) is 0 Å². The van der Waals surface area contributed by atoms with E-state index in [1.54, 1.807) is 25.1 Å². The minimum absolute atomic E-state index is 0.116. The molecule has 3 heterocycles. The van der Waals surface area contributed by atoms with E-state index in [-0.39, 0.29) is 37.1 Å². The van der Waals surface area contributed by atoms with E-state index in [0.29, 0.717) is 17.2 Å². The molecule has 3 aromatic rings. The number of amides is 2. The van der Waals surface area contributed by atoms with Gasteiger partial charge in [0.2, 0.25) is 11.8 Å². The van der Waals surface area contributed by atoms with Crippen LogP contribution in [0.5, 0.6) is 0 Å². The van der Waals surface area contributed by atoms with Gasteiger partial charge in [-0.1, -0.05) is 42.0 Å². The Balaban J connectivity index is 0.000000374. The Labute approximate surface area is 192 Å². The zero-order chi connectivity index (χ0) is 24.0. The Morgan fingerprint density at radius 3 is 2.48 bits per heavy atom. The molecule has 0 saturated carbocycles. The van der Waals surface area contributed by atoms with Crippen LogP contribution in [-0.4, -0.2) is 27.9 Å². The number of aromatic nitrogens is 2. The number of nitrogens with two attached hydrogens (primary N) is 1. The van der Waals surface area contributed by atoms with Gasteiger partial charge in [-0.25, -0.2) is 4.98 Å². The molecule has 33 heavy (non-hydrogen) atoms. The molecule has 0 atom stereocenters. The lowest BCUT2D eigenvalue weighted by molar-refractivity contribution is -0.121. The summed E-state index contributed by atoms with van der Waals surface area (Å²) in [6.07, 6.45) is 0. The van der Waals surface area contributed by atoms with Crippen LogP contribution in [0.15, 0.2) is 53.3 Å². The Morgan fingerprint density at radius 1 is 1.12 bits per heavy atom. The quantitative estimate of drug-likeness (QED) is 0.484. The Kier molecular flexibility index (Phi) is 7.45. The Hall–Kier alpha value is -4.14. The third-order valence-corrected chi connectivity index (χ3v) is 5.15. The first-order chi connectivity index (χ1) is 15.7. The molecule has 9 nitrogen and oxygen atoms in total. The summed E-state index contributed by atoms with van der Waals surface area (Å²) in [4.78, 5) is 40.5.